The fourth-order valence-corrected chi connectivity index (χ4v) is 0.929. The Morgan fingerprint density at radius 2 is 2.17 bits per heavy atom. The van der Waals surface area contributed by atoms with Crippen LogP contribution in [0.1, 0.15) is 6.92 Å². The average Bonchev–Trinajstić information content (AvgIpc) is 1.80. The monoisotopic (exact) mass is 197 g/mol. The molecule has 0 radical (unpaired) electrons. The van der Waals surface area contributed by atoms with E-state index in [0.717, 1.165) is 6.26 Å². The third-order valence-electron chi connectivity index (χ3n) is 0.902. The Labute approximate surface area is 70.7 Å². The summed E-state index contributed by atoms with van der Waals surface area (Å²) in [6.07, 6.45) is -0.305. The van der Waals surface area contributed by atoms with Crippen LogP contribution in [0.25, 0.3) is 0 Å². The van der Waals surface area contributed by atoms with Crippen LogP contribution in [0.5, 0.6) is 0 Å². The Kier molecular flexibility index (Phi) is 3.98. The van der Waals surface area contributed by atoms with E-state index in [1.54, 1.807) is 0 Å². The summed E-state index contributed by atoms with van der Waals surface area (Å²) in [5, 5.41) is 10.2. The highest BCUT2D eigenvalue weighted by atomic mass is 32.2. The third kappa shape index (κ3) is 7.29. The highest BCUT2D eigenvalue weighted by molar-refractivity contribution is 7.85. The number of hydrogen-bond acceptors (Lipinski definition) is 4. The number of carbonyl (C=O) groups is 1. The standard InChI is InChI=1S/C5H11NO5S/c1-4(6-5(7)8)3-11-12(2,9)10/h4,6H,3H2,1-2H3,(H,7,8)/t4-/m1/s1. The van der Waals surface area contributed by atoms with Gasteiger partial charge in [-0.2, -0.15) is 8.42 Å². The van der Waals surface area contributed by atoms with Crippen LogP contribution in [-0.4, -0.2) is 38.5 Å². The molecule has 0 bridgehead atoms. The molecule has 6 nitrogen and oxygen atoms in total. The molecule has 0 aromatic rings. The first kappa shape index (κ1) is 11.2. The minimum Gasteiger partial charge on any atom is -0.465 e. The van der Waals surface area contributed by atoms with Gasteiger partial charge < -0.3 is 10.4 Å². The molecule has 0 spiro atoms. The second-order valence-electron chi connectivity index (χ2n) is 2.34. The first-order valence-electron chi connectivity index (χ1n) is 3.15. The van der Waals surface area contributed by atoms with Crippen molar-refractivity contribution in [3.8, 4) is 0 Å². The van der Waals surface area contributed by atoms with Crippen molar-refractivity contribution in [2.75, 3.05) is 12.9 Å². The van der Waals surface area contributed by atoms with Crippen molar-refractivity contribution in [1.29, 1.82) is 0 Å². The van der Waals surface area contributed by atoms with E-state index in [1.165, 1.54) is 6.92 Å². The zero-order valence-electron chi connectivity index (χ0n) is 6.77. The maximum atomic E-state index is 10.4. The summed E-state index contributed by atoms with van der Waals surface area (Å²) in [5.74, 6) is 0. The van der Waals surface area contributed by atoms with Gasteiger partial charge in [0, 0.05) is 0 Å². The quantitative estimate of drug-likeness (QED) is 0.599. The molecule has 7 heteroatoms. The summed E-state index contributed by atoms with van der Waals surface area (Å²) in [7, 11) is -3.49. The number of amides is 1. The first-order valence-corrected chi connectivity index (χ1v) is 4.97. The third-order valence-corrected chi connectivity index (χ3v) is 1.47. The Morgan fingerprint density at radius 1 is 1.67 bits per heavy atom. The van der Waals surface area contributed by atoms with Crippen LogP contribution in [0, 0.1) is 0 Å². The fourth-order valence-electron chi connectivity index (χ4n) is 0.478. The lowest BCUT2D eigenvalue weighted by molar-refractivity contribution is 0.184. The topological polar surface area (TPSA) is 92.7 Å². The van der Waals surface area contributed by atoms with Crippen LogP contribution in [0.2, 0.25) is 0 Å². The largest absolute Gasteiger partial charge is 0.465 e. The molecule has 72 valence electrons. The van der Waals surface area contributed by atoms with Crippen molar-refractivity contribution in [3.63, 3.8) is 0 Å². The van der Waals surface area contributed by atoms with Gasteiger partial charge in [0.1, 0.15) is 0 Å². The van der Waals surface area contributed by atoms with Crippen molar-refractivity contribution < 1.29 is 22.5 Å². The minimum atomic E-state index is -3.49. The summed E-state index contributed by atoms with van der Waals surface area (Å²) in [6, 6.07) is -0.544. The summed E-state index contributed by atoms with van der Waals surface area (Å²) in [5.41, 5.74) is 0. The molecule has 0 saturated heterocycles. The lowest BCUT2D eigenvalue weighted by Gasteiger charge is -2.09. The molecule has 0 aliphatic carbocycles. The van der Waals surface area contributed by atoms with E-state index in [4.69, 9.17) is 5.11 Å². The Balaban J connectivity index is 3.72. The lowest BCUT2D eigenvalue weighted by Crippen LogP contribution is -2.35. The summed E-state index contributed by atoms with van der Waals surface area (Å²) >= 11 is 0. The number of nitrogens with one attached hydrogen (secondary N) is 1. The highest BCUT2D eigenvalue weighted by Gasteiger charge is 2.08. The minimum absolute atomic E-state index is 0.189. The van der Waals surface area contributed by atoms with Crippen LogP contribution in [0.4, 0.5) is 4.79 Å². The normalized spacial score (nSPS) is 13.8. The van der Waals surface area contributed by atoms with Crippen LogP contribution >= 0.6 is 0 Å². The fraction of sp³-hybridized carbons (Fsp3) is 0.800. The molecule has 0 rings (SSSR count). The van der Waals surface area contributed by atoms with E-state index < -0.39 is 22.3 Å². The van der Waals surface area contributed by atoms with Gasteiger partial charge in [-0.05, 0) is 6.92 Å². The summed E-state index contributed by atoms with van der Waals surface area (Å²) in [6.45, 7) is 1.31. The number of hydrogen-bond donors (Lipinski definition) is 2. The van der Waals surface area contributed by atoms with E-state index >= 15 is 0 Å². The van der Waals surface area contributed by atoms with E-state index in [1.807, 2.05) is 5.32 Å². The molecule has 12 heavy (non-hydrogen) atoms. The van der Waals surface area contributed by atoms with Gasteiger partial charge in [-0.15, -0.1) is 0 Å². The molecule has 1 atom stereocenters. The Morgan fingerprint density at radius 3 is 2.50 bits per heavy atom. The zero-order chi connectivity index (χ0) is 9.78. The zero-order valence-corrected chi connectivity index (χ0v) is 7.59. The summed E-state index contributed by atoms with van der Waals surface area (Å²) < 4.78 is 25.2. The van der Waals surface area contributed by atoms with E-state index in [2.05, 4.69) is 4.18 Å². The molecule has 0 saturated carbocycles. The van der Waals surface area contributed by atoms with Crippen molar-refractivity contribution >= 4 is 16.2 Å². The molecule has 0 aromatic carbocycles. The van der Waals surface area contributed by atoms with Gasteiger partial charge in [-0.1, -0.05) is 0 Å². The van der Waals surface area contributed by atoms with Crippen LogP contribution < -0.4 is 5.32 Å². The maximum absolute atomic E-state index is 10.4. The van der Waals surface area contributed by atoms with Gasteiger partial charge in [-0.25, -0.2) is 4.79 Å². The second-order valence-corrected chi connectivity index (χ2v) is 3.98. The smallest absolute Gasteiger partial charge is 0.404 e. The Hall–Kier alpha value is -0.820. The van der Waals surface area contributed by atoms with Crippen molar-refractivity contribution in [1.82, 2.24) is 5.32 Å². The van der Waals surface area contributed by atoms with Crippen LogP contribution in [-0.2, 0) is 14.3 Å². The molecular formula is C5H11NO5S. The van der Waals surface area contributed by atoms with E-state index in [-0.39, 0.29) is 6.61 Å². The molecule has 0 unspecified atom stereocenters. The van der Waals surface area contributed by atoms with E-state index in [9.17, 15) is 13.2 Å². The highest BCUT2D eigenvalue weighted by Crippen LogP contribution is 1.90. The first-order chi connectivity index (χ1) is 5.31. The van der Waals surface area contributed by atoms with Crippen molar-refractivity contribution in [2.24, 2.45) is 0 Å². The molecule has 0 aliphatic heterocycles. The molecule has 2 N–H and O–H groups in total. The second kappa shape index (κ2) is 4.27. The van der Waals surface area contributed by atoms with Crippen LogP contribution in [0.15, 0.2) is 0 Å². The Bertz CT molecular complexity index is 247. The van der Waals surface area contributed by atoms with Gasteiger partial charge in [0.05, 0.1) is 18.9 Å². The van der Waals surface area contributed by atoms with Gasteiger partial charge in [-0.3, -0.25) is 4.18 Å². The van der Waals surface area contributed by atoms with Crippen molar-refractivity contribution in [2.45, 2.75) is 13.0 Å². The molecule has 0 aliphatic rings. The maximum Gasteiger partial charge on any atom is 0.404 e. The molecular weight excluding hydrogens is 186 g/mol. The van der Waals surface area contributed by atoms with Crippen LogP contribution in [0.3, 0.4) is 0 Å². The predicted molar refractivity (Wildman–Crippen MR) is 41.4 cm³/mol. The average molecular weight is 197 g/mol. The van der Waals surface area contributed by atoms with Gasteiger partial charge >= 0.3 is 6.09 Å². The van der Waals surface area contributed by atoms with Gasteiger partial charge in [0.25, 0.3) is 10.1 Å². The molecule has 0 heterocycles. The molecule has 1 amide bonds. The van der Waals surface area contributed by atoms with Gasteiger partial charge in [0.15, 0.2) is 0 Å². The predicted octanol–water partition coefficient (Wildman–Crippen LogP) is -0.381. The van der Waals surface area contributed by atoms with E-state index in [0.29, 0.717) is 0 Å². The molecule has 0 fully saturated rings. The van der Waals surface area contributed by atoms with Gasteiger partial charge in [0.2, 0.25) is 0 Å². The SMILES string of the molecule is C[C@H](COS(C)(=O)=O)NC(=O)O. The lowest BCUT2D eigenvalue weighted by atomic mass is 10.4. The summed E-state index contributed by atoms with van der Waals surface area (Å²) in [4.78, 5) is 10.0. The number of carboxylic acid groups (broad SMARTS) is 1. The molecule has 0 aromatic heterocycles. The number of rotatable bonds is 4. The van der Waals surface area contributed by atoms with Crippen molar-refractivity contribution in [3.05, 3.63) is 0 Å².